The zero-order valence-corrected chi connectivity index (χ0v) is 27.1. The molecule has 0 amide bonds. The highest BCUT2D eigenvalue weighted by Crippen LogP contribution is 2.50. The van der Waals surface area contributed by atoms with Gasteiger partial charge in [-0.05, 0) is 69.2 Å². The third kappa shape index (κ3) is 5.24. The number of furan rings is 1. The quantitative estimate of drug-likeness (QED) is 0.172. The molecule has 0 bridgehead atoms. The van der Waals surface area contributed by atoms with E-state index in [4.69, 9.17) is 4.42 Å². The van der Waals surface area contributed by atoms with Gasteiger partial charge in [-0.1, -0.05) is 170 Å². The molecule has 0 aliphatic rings. The van der Waals surface area contributed by atoms with Crippen molar-refractivity contribution in [2.45, 2.75) is 0 Å². The lowest BCUT2D eigenvalue weighted by molar-refractivity contribution is 0.669. The van der Waals surface area contributed by atoms with Crippen LogP contribution < -0.4 is 4.90 Å². The van der Waals surface area contributed by atoms with E-state index in [0.29, 0.717) is 28.1 Å². The van der Waals surface area contributed by atoms with E-state index in [0.717, 1.165) is 44.2 Å². The molecule has 2 heteroatoms. The molecule has 0 saturated heterocycles. The van der Waals surface area contributed by atoms with E-state index in [-0.39, 0.29) is 35.4 Å². The van der Waals surface area contributed by atoms with E-state index in [1.54, 1.807) is 0 Å². The Kier molecular flexibility index (Phi) is 6.48. The van der Waals surface area contributed by atoms with E-state index >= 15 is 0 Å². The molecule has 0 saturated carbocycles. The lowest BCUT2D eigenvalue weighted by atomic mass is 9.87. The van der Waals surface area contributed by atoms with Gasteiger partial charge in [0.05, 0.1) is 16.9 Å². The third-order valence-corrected chi connectivity index (χ3v) is 9.17. The molecule has 1 heterocycles. The zero-order valence-electron chi connectivity index (χ0n) is 31.1. The van der Waals surface area contributed by atoms with Gasteiger partial charge in [-0.25, -0.2) is 0 Å². The van der Waals surface area contributed by atoms with Crippen molar-refractivity contribution in [3.8, 4) is 44.5 Å². The molecule has 0 N–H and O–H groups in total. The van der Waals surface area contributed by atoms with Gasteiger partial charge in [0.1, 0.15) is 5.58 Å². The molecule has 236 valence electrons. The summed E-state index contributed by atoms with van der Waals surface area (Å²) in [6, 6.07) is 57.3. The molecule has 0 aliphatic carbocycles. The van der Waals surface area contributed by atoms with E-state index < -0.39 is 0 Å². The van der Waals surface area contributed by atoms with Crippen LogP contribution in [0, 0.1) is 0 Å². The number of benzene rings is 8. The van der Waals surface area contributed by atoms with Crippen LogP contribution in [0.4, 0.5) is 17.1 Å². The summed E-state index contributed by atoms with van der Waals surface area (Å²) in [6.45, 7) is 0. The Bertz CT molecular complexity index is 2790. The Labute approximate surface area is 297 Å². The van der Waals surface area contributed by atoms with Crippen LogP contribution in [0.15, 0.2) is 205 Å². The molecule has 9 aromatic rings. The number of hydrogen-bond donors (Lipinski definition) is 0. The Hall–Kier alpha value is -6.64. The smallest absolute Gasteiger partial charge is 0.159 e. The second-order valence-corrected chi connectivity index (χ2v) is 12.2. The molecule has 1 aromatic heterocycles. The minimum atomic E-state index is -0.157. The van der Waals surface area contributed by atoms with Crippen molar-refractivity contribution in [3.63, 3.8) is 0 Å². The minimum absolute atomic E-state index is 0.121. The number of nitrogens with zero attached hydrogens (tertiary/aromatic N) is 1. The number of para-hydroxylation sites is 2. The zero-order chi connectivity index (χ0) is 36.8. The van der Waals surface area contributed by atoms with Gasteiger partial charge >= 0.3 is 0 Å². The summed E-state index contributed by atoms with van der Waals surface area (Å²) in [5.41, 5.74) is 9.42. The topological polar surface area (TPSA) is 16.4 Å². The summed E-state index contributed by atoms with van der Waals surface area (Å²) in [5, 5.41) is 1.83. The summed E-state index contributed by atoms with van der Waals surface area (Å²) in [4.78, 5) is 1.88. The minimum Gasteiger partial charge on any atom is -0.454 e. The Morgan fingerprint density at radius 2 is 0.900 bits per heavy atom. The molecule has 0 unspecified atom stereocenters. The highest BCUT2D eigenvalue weighted by atomic mass is 16.3. The molecular weight excluding hydrogens is 607 g/mol. The molecule has 0 radical (unpaired) electrons. The highest BCUT2D eigenvalue weighted by Gasteiger charge is 2.25. The van der Waals surface area contributed by atoms with Crippen LogP contribution in [0.1, 0.15) is 5.48 Å². The monoisotopic (exact) mass is 643 g/mol. The summed E-state index contributed by atoms with van der Waals surface area (Å²) in [6.07, 6.45) is 0. The summed E-state index contributed by atoms with van der Waals surface area (Å²) in [5.74, 6) is 0. The van der Waals surface area contributed by atoms with Crippen LogP contribution in [-0.2, 0) is 0 Å². The van der Waals surface area contributed by atoms with Crippen molar-refractivity contribution in [3.05, 3.63) is 200 Å². The summed E-state index contributed by atoms with van der Waals surface area (Å²) >= 11 is 0. The van der Waals surface area contributed by atoms with Gasteiger partial charge in [-0.15, -0.1) is 0 Å². The number of hydrogen-bond acceptors (Lipinski definition) is 2. The summed E-state index contributed by atoms with van der Waals surface area (Å²) in [7, 11) is 0. The first-order valence-corrected chi connectivity index (χ1v) is 16.7. The van der Waals surface area contributed by atoms with Gasteiger partial charge in [0.25, 0.3) is 0 Å². The van der Waals surface area contributed by atoms with E-state index in [1.165, 1.54) is 0 Å². The van der Waals surface area contributed by atoms with Crippen molar-refractivity contribution >= 4 is 39.0 Å². The van der Waals surface area contributed by atoms with E-state index in [9.17, 15) is 5.48 Å². The predicted molar refractivity (Wildman–Crippen MR) is 210 cm³/mol. The lowest BCUT2D eigenvalue weighted by Crippen LogP contribution is -2.12. The summed E-state index contributed by atoms with van der Waals surface area (Å²) < 4.78 is 44.7. The second kappa shape index (κ2) is 12.8. The largest absolute Gasteiger partial charge is 0.454 e. The molecule has 0 spiro atoms. The van der Waals surface area contributed by atoms with Gasteiger partial charge in [-0.3, -0.25) is 0 Å². The van der Waals surface area contributed by atoms with Gasteiger partial charge in [-0.2, -0.15) is 0 Å². The fourth-order valence-electron chi connectivity index (χ4n) is 6.88. The molecule has 2 nitrogen and oxygen atoms in total. The van der Waals surface area contributed by atoms with Crippen LogP contribution in [0.5, 0.6) is 0 Å². The molecule has 9 rings (SSSR count). The third-order valence-electron chi connectivity index (χ3n) is 9.17. The Morgan fingerprint density at radius 3 is 1.62 bits per heavy atom. The first-order valence-electron chi connectivity index (χ1n) is 18.7. The maximum Gasteiger partial charge on any atom is 0.159 e. The van der Waals surface area contributed by atoms with Crippen LogP contribution >= 0.6 is 0 Å². The molecular formula is C48H33NO. The van der Waals surface area contributed by atoms with Crippen molar-refractivity contribution in [1.29, 1.82) is 0 Å². The number of fused-ring (bicyclic) bond motifs is 3. The van der Waals surface area contributed by atoms with E-state index in [2.05, 4.69) is 42.5 Å². The normalized spacial score (nSPS) is 12.3. The molecule has 0 aliphatic heterocycles. The van der Waals surface area contributed by atoms with Crippen LogP contribution in [0.2, 0.25) is 0 Å². The van der Waals surface area contributed by atoms with Crippen LogP contribution in [0.25, 0.3) is 66.4 Å². The maximum atomic E-state index is 9.67. The Morgan fingerprint density at radius 1 is 0.380 bits per heavy atom. The van der Waals surface area contributed by atoms with Gasteiger partial charge in [0, 0.05) is 22.0 Å². The number of anilines is 3. The fourth-order valence-corrected chi connectivity index (χ4v) is 6.88. The first kappa shape index (κ1) is 25.4. The SMILES string of the molecule is [2H]c1c([2H])c(N(c2cccc(-c3ccccc3)c2-c2ccccc2-c2ccccc2)c2cccc3c2oc2ccccc23)c([2H])c([2H])c1-c1ccccc1. The van der Waals surface area contributed by atoms with E-state index in [1.807, 2.05) is 138 Å². The lowest BCUT2D eigenvalue weighted by Gasteiger charge is -2.30. The fraction of sp³-hybridized carbons (Fsp3) is 0. The molecule has 0 atom stereocenters. The first-order chi connectivity index (χ1) is 26.5. The van der Waals surface area contributed by atoms with Gasteiger partial charge < -0.3 is 9.32 Å². The Balaban J connectivity index is 1.43. The van der Waals surface area contributed by atoms with Gasteiger partial charge in [0.2, 0.25) is 0 Å². The van der Waals surface area contributed by atoms with Crippen LogP contribution in [-0.4, -0.2) is 0 Å². The van der Waals surface area contributed by atoms with Crippen LogP contribution in [0.3, 0.4) is 0 Å². The maximum absolute atomic E-state index is 9.67. The molecule has 8 aromatic carbocycles. The van der Waals surface area contributed by atoms with Crippen molar-refractivity contribution in [2.24, 2.45) is 0 Å². The number of rotatable bonds is 7. The van der Waals surface area contributed by atoms with Gasteiger partial charge in [0.15, 0.2) is 5.58 Å². The van der Waals surface area contributed by atoms with Crippen molar-refractivity contribution in [1.82, 2.24) is 0 Å². The predicted octanol–water partition coefficient (Wildman–Crippen LogP) is 13.7. The molecule has 0 fully saturated rings. The van der Waals surface area contributed by atoms with Crippen molar-refractivity contribution in [2.75, 3.05) is 4.90 Å². The average Bonchev–Trinajstić information content (AvgIpc) is 3.62. The second-order valence-electron chi connectivity index (χ2n) is 12.2. The van der Waals surface area contributed by atoms with Crippen molar-refractivity contribution < 1.29 is 9.90 Å². The molecule has 50 heavy (non-hydrogen) atoms. The highest BCUT2D eigenvalue weighted by molar-refractivity contribution is 6.11. The average molecular weight is 644 g/mol. The standard InChI is InChI=1S/C48H33NO/c1-4-16-34(17-5-1)35-30-32-38(33-31-35)49(45-28-15-26-43-41-23-12-13-29-46(41)50-48(43)45)44-27-14-25-40(37-20-8-3-9-21-37)47(44)42-24-11-10-22-39(42)36-18-6-2-7-19-36/h1-33H/i30D,31D,32D,33D.